The van der Waals surface area contributed by atoms with E-state index in [4.69, 9.17) is 10.5 Å². The number of aromatic nitrogens is 1. The van der Waals surface area contributed by atoms with Crippen molar-refractivity contribution in [1.82, 2.24) is 4.98 Å². The van der Waals surface area contributed by atoms with Gasteiger partial charge >= 0.3 is 0 Å². The molecule has 3 aromatic rings. The van der Waals surface area contributed by atoms with Crippen LogP contribution in [0.4, 0.5) is 4.39 Å². The largest absolute Gasteiger partial charge is 0.368 e. The molecule has 0 fully saturated rings. The van der Waals surface area contributed by atoms with Gasteiger partial charge in [-0.1, -0.05) is 46.2 Å². The normalized spacial score (nSPS) is 12.4. The number of primary amides is 1. The van der Waals surface area contributed by atoms with E-state index in [-0.39, 0.29) is 31.9 Å². The van der Waals surface area contributed by atoms with E-state index in [1.165, 1.54) is 24.6 Å². The molecule has 0 saturated carbocycles. The van der Waals surface area contributed by atoms with Gasteiger partial charge in [-0.2, -0.15) is 9.35 Å². The van der Waals surface area contributed by atoms with Crippen molar-refractivity contribution in [2.75, 3.05) is 19.1 Å². The summed E-state index contributed by atoms with van der Waals surface area (Å²) in [5, 5.41) is 0.916. The van der Waals surface area contributed by atoms with E-state index in [1.54, 1.807) is 30.3 Å². The second-order valence-electron chi connectivity index (χ2n) is 8.66. The zero-order chi connectivity index (χ0) is 24.7. The van der Waals surface area contributed by atoms with Crippen LogP contribution >= 0.6 is 0 Å². The SMILES string of the molecule is C.CCCC(CCC)OCC(N)=O.CS(C)(=O)(O)c1ccc(-c2c[nH]c3cc(F)ccc23)cc1. The van der Waals surface area contributed by atoms with Crippen LogP contribution in [0.2, 0.25) is 0 Å². The third-order valence-electron chi connectivity index (χ3n) is 5.16. The maximum absolute atomic E-state index is 13.2. The lowest BCUT2D eigenvalue weighted by Crippen LogP contribution is -2.28. The van der Waals surface area contributed by atoms with Crippen LogP contribution in [-0.2, 0) is 18.9 Å². The first-order valence-corrected chi connectivity index (χ1v) is 13.8. The summed E-state index contributed by atoms with van der Waals surface area (Å²) in [6.07, 6.45) is 8.90. The quantitative estimate of drug-likeness (QED) is 0.340. The fraction of sp³-hybridized carbons (Fsp3) is 0.423. The second kappa shape index (κ2) is 12.2. The van der Waals surface area contributed by atoms with Crippen molar-refractivity contribution >= 4 is 26.2 Å². The molecule has 0 atom stereocenters. The molecule has 0 radical (unpaired) electrons. The van der Waals surface area contributed by atoms with Gasteiger partial charge in [-0.25, -0.2) is 8.60 Å². The van der Waals surface area contributed by atoms with Crippen molar-refractivity contribution in [1.29, 1.82) is 0 Å². The number of nitrogens with two attached hydrogens (primary N) is 1. The Morgan fingerprint density at radius 2 is 1.71 bits per heavy atom. The number of hydrogen-bond acceptors (Lipinski definition) is 3. The molecule has 34 heavy (non-hydrogen) atoms. The number of carbonyl (C=O) groups is 1. The number of carbonyl (C=O) groups excluding carboxylic acids is 1. The summed E-state index contributed by atoms with van der Waals surface area (Å²) >= 11 is 0. The smallest absolute Gasteiger partial charge is 0.243 e. The van der Waals surface area contributed by atoms with Crippen molar-refractivity contribution < 1.29 is 22.7 Å². The zero-order valence-corrected chi connectivity index (χ0v) is 20.6. The Labute approximate surface area is 202 Å². The van der Waals surface area contributed by atoms with Gasteiger partial charge in [-0.3, -0.25) is 9.35 Å². The van der Waals surface area contributed by atoms with Crippen LogP contribution in [0, 0.1) is 5.82 Å². The summed E-state index contributed by atoms with van der Waals surface area (Å²) in [6.45, 7) is 4.28. The molecule has 0 unspecified atom stereocenters. The molecule has 1 aromatic heterocycles. The first-order valence-electron chi connectivity index (χ1n) is 11.0. The topological polar surface area (TPSA) is 105 Å². The summed E-state index contributed by atoms with van der Waals surface area (Å²) in [6, 6.07) is 11.5. The van der Waals surface area contributed by atoms with E-state index >= 15 is 0 Å². The number of hydrogen-bond donors (Lipinski definition) is 3. The molecule has 0 aliphatic carbocycles. The molecule has 0 spiro atoms. The molecule has 1 amide bonds. The number of aromatic amines is 1. The number of nitrogens with one attached hydrogen (secondary N) is 1. The van der Waals surface area contributed by atoms with Crippen molar-refractivity contribution in [3.05, 3.63) is 54.5 Å². The molecular formula is C26H39FN2O4S. The van der Waals surface area contributed by atoms with Gasteiger partial charge in [0.2, 0.25) is 5.91 Å². The Bertz CT molecular complexity index is 1120. The Balaban J connectivity index is 0.000000386. The van der Waals surface area contributed by atoms with Gasteiger partial charge in [0.15, 0.2) is 0 Å². The van der Waals surface area contributed by atoms with Crippen LogP contribution in [0.5, 0.6) is 0 Å². The van der Waals surface area contributed by atoms with E-state index in [1.807, 2.05) is 6.20 Å². The van der Waals surface area contributed by atoms with Gasteiger partial charge in [0, 0.05) is 35.2 Å². The van der Waals surface area contributed by atoms with Gasteiger partial charge in [0.25, 0.3) is 0 Å². The second-order valence-corrected chi connectivity index (χ2v) is 12.7. The minimum atomic E-state index is -3.73. The fourth-order valence-corrected chi connectivity index (χ4v) is 4.43. The molecule has 0 aliphatic rings. The van der Waals surface area contributed by atoms with E-state index < -0.39 is 9.35 Å². The van der Waals surface area contributed by atoms with E-state index in [9.17, 15) is 17.9 Å². The molecule has 0 saturated heterocycles. The number of benzene rings is 2. The summed E-state index contributed by atoms with van der Waals surface area (Å²) < 4.78 is 40.6. The highest BCUT2D eigenvalue weighted by atomic mass is 32.3. The van der Waals surface area contributed by atoms with Crippen molar-refractivity contribution in [3.8, 4) is 11.1 Å². The summed E-state index contributed by atoms with van der Waals surface area (Å²) in [4.78, 5) is 13.8. The number of amides is 1. The number of rotatable bonds is 9. The number of halogens is 1. The lowest BCUT2D eigenvalue weighted by atomic mass is 10.1. The molecule has 8 heteroatoms. The number of fused-ring (bicyclic) bond motifs is 1. The highest BCUT2D eigenvalue weighted by Crippen LogP contribution is 2.32. The first-order chi connectivity index (χ1) is 15.4. The highest BCUT2D eigenvalue weighted by Gasteiger charge is 2.17. The Hall–Kier alpha value is -2.55. The van der Waals surface area contributed by atoms with Gasteiger partial charge < -0.3 is 15.5 Å². The minimum absolute atomic E-state index is 0. The molecule has 4 N–H and O–H groups in total. The maximum Gasteiger partial charge on any atom is 0.243 e. The van der Waals surface area contributed by atoms with E-state index in [0.717, 1.165) is 47.7 Å². The molecule has 0 aliphatic heterocycles. The third-order valence-corrected chi connectivity index (χ3v) is 6.78. The zero-order valence-electron chi connectivity index (χ0n) is 19.8. The van der Waals surface area contributed by atoms with Gasteiger partial charge in [0.05, 0.1) is 11.0 Å². The average molecular weight is 495 g/mol. The first kappa shape index (κ1) is 29.5. The van der Waals surface area contributed by atoms with Gasteiger partial charge in [-0.05, 0) is 48.7 Å². The Morgan fingerprint density at radius 3 is 2.21 bits per heavy atom. The monoisotopic (exact) mass is 494 g/mol. The van der Waals surface area contributed by atoms with E-state index in [2.05, 4.69) is 18.8 Å². The summed E-state index contributed by atoms with van der Waals surface area (Å²) in [5.41, 5.74) is 7.54. The van der Waals surface area contributed by atoms with Crippen LogP contribution in [0.3, 0.4) is 0 Å². The Morgan fingerprint density at radius 1 is 1.12 bits per heavy atom. The average Bonchev–Trinajstić information content (AvgIpc) is 3.15. The molecule has 2 aromatic carbocycles. The van der Waals surface area contributed by atoms with Crippen LogP contribution in [0.25, 0.3) is 22.0 Å². The van der Waals surface area contributed by atoms with Gasteiger partial charge in [-0.15, -0.1) is 0 Å². The van der Waals surface area contributed by atoms with Crippen LogP contribution in [0.1, 0.15) is 47.0 Å². The predicted molar refractivity (Wildman–Crippen MR) is 140 cm³/mol. The van der Waals surface area contributed by atoms with Crippen molar-refractivity contribution in [2.24, 2.45) is 5.73 Å². The lowest BCUT2D eigenvalue weighted by Gasteiger charge is -2.33. The molecule has 0 bridgehead atoms. The van der Waals surface area contributed by atoms with Crippen LogP contribution in [0.15, 0.2) is 53.6 Å². The number of ether oxygens (including phenoxy) is 1. The lowest BCUT2D eigenvalue weighted by molar-refractivity contribution is -0.124. The molecule has 6 nitrogen and oxygen atoms in total. The standard InChI is InChI=1S/C16H16FNO2S.C9H19NO2.CH4/c1-21(2,19,20)13-6-3-11(4-7-13)15-10-18-16-9-12(17)5-8-14(15)16;1-3-5-8(6-4-2)12-7-9(10)11;/h3-10,18H,1-2H3,(H,19,20);8H,3-7H2,1-2H3,(H2,10,11);1H4. The number of H-pyrrole nitrogens is 1. The van der Waals surface area contributed by atoms with Crippen molar-refractivity contribution in [2.45, 2.75) is 58.0 Å². The van der Waals surface area contributed by atoms with Crippen LogP contribution < -0.4 is 5.73 Å². The summed E-state index contributed by atoms with van der Waals surface area (Å²) in [5.74, 6) is -0.668. The van der Waals surface area contributed by atoms with E-state index in [0.29, 0.717) is 4.90 Å². The molecule has 190 valence electrons. The maximum atomic E-state index is 13.2. The fourth-order valence-electron chi connectivity index (χ4n) is 3.52. The summed E-state index contributed by atoms with van der Waals surface area (Å²) in [7, 11) is -3.73. The molecule has 1 heterocycles. The minimum Gasteiger partial charge on any atom is -0.368 e. The van der Waals surface area contributed by atoms with Gasteiger partial charge in [0.1, 0.15) is 12.4 Å². The molecular weight excluding hydrogens is 455 g/mol. The highest BCUT2D eigenvalue weighted by molar-refractivity contribution is 8.14. The third kappa shape index (κ3) is 8.66. The predicted octanol–water partition coefficient (Wildman–Crippen LogP) is 5.98. The Kier molecular flexibility index (Phi) is 10.6. The van der Waals surface area contributed by atoms with Crippen molar-refractivity contribution in [3.63, 3.8) is 0 Å². The molecule has 3 rings (SSSR count). The van der Waals surface area contributed by atoms with Crippen LogP contribution in [-0.4, -0.2) is 44.9 Å².